The molecule has 2 fully saturated rings. The molecule has 3 rings (SSSR count). The van der Waals surface area contributed by atoms with Crippen molar-refractivity contribution in [2.45, 2.75) is 115 Å². The Morgan fingerprint density at radius 3 is 2.26 bits per heavy atom. The van der Waals surface area contributed by atoms with Crippen LogP contribution in [0.1, 0.15) is 85.0 Å². The van der Waals surface area contributed by atoms with Gasteiger partial charge in [-0.05, 0) is 44.5 Å². The van der Waals surface area contributed by atoms with Crippen molar-refractivity contribution in [3.8, 4) is 0 Å². The Morgan fingerprint density at radius 2 is 1.60 bits per heavy atom. The summed E-state index contributed by atoms with van der Waals surface area (Å²) < 4.78 is 24.3. The van der Waals surface area contributed by atoms with Gasteiger partial charge in [-0.1, -0.05) is 76.3 Å². The van der Waals surface area contributed by atoms with Gasteiger partial charge in [0.1, 0.15) is 18.3 Å². The highest BCUT2D eigenvalue weighted by atomic mass is 35.5. The predicted molar refractivity (Wildman–Crippen MR) is 139 cm³/mol. The van der Waals surface area contributed by atoms with Crippen LogP contribution in [-0.4, -0.2) is 49.6 Å². The quantitative estimate of drug-likeness (QED) is 0.258. The Kier molecular flexibility index (Phi) is 11.6. The lowest BCUT2D eigenvalue weighted by atomic mass is 10.1. The fourth-order valence-corrected chi connectivity index (χ4v) is 4.75. The molecule has 2 amide bonds. The Balaban J connectivity index is 1.37. The number of carbonyl (C=O) groups is 1. The Bertz CT molecular complexity index is 760. The second kappa shape index (κ2) is 14.4. The molecule has 1 aromatic carbocycles. The Labute approximate surface area is 215 Å². The largest absolute Gasteiger partial charge is 0.373 e. The van der Waals surface area contributed by atoms with Crippen molar-refractivity contribution in [1.29, 1.82) is 0 Å². The van der Waals surface area contributed by atoms with E-state index in [9.17, 15) is 4.79 Å². The molecule has 0 saturated carbocycles. The number of benzene rings is 1. The monoisotopic (exact) mass is 510 g/mol. The summed E-state index contributed by atoms with van der Waals surface area (Å²) in [6, 6.07) is 6.64. The number of rotatable bonds is 15. The van der Waals surface area contributed by atoms with Gasteiger partial charge in [-0.25, -0.2) is 4.79 Å². The van der Waals surface area contributed by atoms with Gasteiger partial charge in [0.25, 0.3) is 0 Å². The zero-order valence-corrected chi connectivity index (χ0v) is 22.3. The van der Waals surface area contributed by atoms with Gasteiger partial charge >= 0.3 is 6.03 Å². The first-order valence-electron chi connectivity index (χ1n) is 13.3. The molecule has 4 atom stereocenters. The van der Waals surface area contributed by atoms with Gasteiger partial charge in [-0.15, -0.1) is 0 Å². The summed E-state index contributed by atoms with van der Waals surface area (Å²) >= 11 is 5.90. The minimum absolute atomic E-state index is 0.294. The van der Waals surface area contributed by atoms with E-state index < -0.39 is 12.1 Å². The second-order valence-electron chi connectivity index (χ2n) is 10.0. The number of urea groups is 1. The number of anilines is 1. The van der Waals surface area contributed by atoms with Gasteiger partial charge in [-0.3, -0.25) is 0 Å². The number of carbonyl (C=O) groups excluding carboxylic acids is 1. The molecule has 35 heavy (non-hydrogen) atoms. The first-order valence-corrected chi connectivity index (χ1v) is 13.7. The molecule has 2 N–H and O–H groups in total. The van der Waals surface area contributed by atoms with E-state index in [1.54, 1.807) is 24.3 Å². The van der Waals surface area contributed by atoms with Crippen LogP contribution in [0.4, 0.5) is 10.5 Å². The maximum Gasteiger partial charge on any atom is 0.319 e. The lowest BCUT2D eigenvalue weighted by molar-refractivity contribution is -0.217. The normalized spacial score (nSPS) is 24.9. The van der Waals surface area contributed by atoms with E-state index in [1.807, 2.05) is 13.8 Å². The Morgan fingerprint density at radius 1 is 0.971 bits per heavy atom. The fourth-order valence-electron chi connectivity index (χ4n) is 4.62. The van der Waals surface area contributed by atoms with E-state index in [-0.39, 0.29) is 24.3 Å². The molecule has 2 aliphatic rings. The maximum absolute atomic E-state index is 12.4. The van der Waals surface area contributed by atoms with Crippen molar-refractivity contribution in [3.63, 3.8) is 0 Å². The molecule has 0 unspecified atom stereocenters. The number of ether oxygens (including phenoxy) is 4. The smallest absolute Gasteiger partial charge is 0.319 e. The summed E-state index contributed by atoms with van der Waals surface area (Å²) in [6.45, 7) is 6.94. The number of hydrogen-bond donors (Lipinski definition) is 2. The molecular weight excluding hydrogens is 468 g/mol. The average molecular weight is 511 g/mol. The molecule has 0 bridgehead atoms. The molecule has 0 aromatic heterocycles. The molecule has 198 valence electrons. The summed E-state index contributed by atoms with van der Waals surface area (Å²) in [5.74, 6) is -0.710. The number of fused-ring (bicyclic) bond motifs is 1. The first-order chi connectivity index (χ1) is 16.9. The van der Waals surface area contributed by atoms with Crippen LogP contribution >= 0.6 is 11.6 Å². The standard InChI is InChI=1S/C27H43ClN2O5/c1-4-5-6-7-8-9-10-11-12-13-18-32-23-22(33-25-24(23)34-27(2,3)35-25)19-29-26(31)30-21-16-14-20(28)15-17-21/h14-17,22-25H,4-13,18-19H2,1-3H3,(H2,29,30,31)/t22-,23-,24+,25+/m0/s1. The van der Waals surface area contributed by atoms with E-state index in [0.29, 0.717) is 23.9 Å². The van der Waals surface area contributed by atoms with Crippen molar-refractivity contribution in [3.05, 3.63) is 29.3 Å². The average Bonchev–Trinajstić information content (AvgIpc) is 3.29. The van der Waals surface area contributed by atoms with Crippen LogP contribution in [0.15, 0.2) is 24.3 Å². The van der Waals surface area contributed by atoms with E-state index in [4.69, 9.17) is 30.5 Å². The van der Waals surface area contributed by atoms with E-state index in [1.165, 1.54) is 51.4 Å². The maximum atomic E-state index is 12.4. The summed E-state index contributed by atoms with van der Waals surface area (Å²) in [5.41, 5.74) is 0.665. The van der Waals surface area contributed by atoms with Crippen molar-refractivity contribution in [1.82, 2.24) is 5.32 Å². The molecule has 7 nitrogen and oxygen atoms in total. The van der Waals surface area contributed by atoms with Crippen LogP contribution in [-0.2, 0) is 18.9 Å². The van der Waals surface area contributed by atoms with Crippen LogP contribution in [0.3, 0.4) is 0 Å². The minimum atomic E-state index is -0.710. The van der Waals surface area contributed by atoms with Crippen molar-refractivity contribution in [2.75, 3.05) is 18.5 Å². The number of halogens is 1. The lowest BCUT2D eigenvalue weighted by Crippen LogP contribution is -2.44. The van der Waals surface area contributed by atoms with Gasteiger partial charge < -0.3 is 29.6 Å². The van der Waals surface area contributed by atoms with Gasteiger partial charge in [0, 0.05) is 23.9 Å². The molecule has 8 heteroatoms. The van der Waals surface area contributed by atoms with Crippen LogP contribution < -0.4 is 10.6 Å². The molecule has 2 saturated heterocycles. The van der Waals surface area contributed by atoms with Crippen LogP contribution in [0.2, 0.25) is 5.02 Å². The summed E-state index contributed by atoms with van der Waals surface area (Å²) in [5, 5.41) is 6.28. The Hall–Kier alpha value is -1.38. The highest BCUT2D eigenvalue weighted by Crippen LogP contribution is 2.38. The number of unbranched alkanes of at least 4 members (excludes halogenated alkanes) is 9. The zero-order valence-electron chi connectivity index (χ0n) is 21.5. The van der Waals surface area contributed by atoms with Crippen molar-refractivity contribution >= 4 is 23.3 Å². The molecular formula is C27H43ClN2O5. The summed E-state index contributed by atoms with van der Waals surface area (Å²) in [7, 11) is 0. The van der Waals surface area contributed by atoms with Crippen molar-refractivity contribution in [2.24, 2.45) is 0 Å². The fraction of sp³-hybridized carbons (Fsp3) is 0.741. The van der Waals surface area contributed by atoms with Gasteiger partial charge in [-0.2, -0.15) is 0 Å². The highest BCUT2D eigenvalue weighted by Gasteiger charge is 2.55. The molecule has 0 radical (unpaired) electrons. The molecule has 2 aliphatic heterocycles. The lowest BCUT2D eigenvalue weighted by Gasteiger charge is -2.26. The molecule has 1 aromatic rings. The number of nitrogens with one attached hydrogen (secondary N) is 2. The highest BCUT2D eigenvalue weighted by molar-refractivity contribution is 6.30. The molecule has 2 heterocycles. The third kappa shape index (κ3) is 9.54. The molecule has 0 aliphatic carbocycles. The van der Waals surface area contributed by atoms with Gasteiger partial charge in [0.05, 0.1) is 0 Å². The van der Waals surface area contributed by atoms with Gasteiger partial charge in [0.2, 0.25) is 0 Å². The van der Waals surface area contributed by atoms with E-state index >= 15 is 0 Å². The van der Waals surface area contributed by atoms with Crippen molar-refractivity contribution < 1.29 is 23.7 Å². The van der Waals surface area contributed by atoms with Crippen LogP contribution in [0, 0.1) is 0 Å². The third-order valence-corrected chi connectivity index (χ3v) is 6.71. The number of amides is 2. The first kappa shape index (κ1) is 28.2. The number of hydrogen-bond acceptors (Lipinski definition) is 5. The topological polar surface area (TPSA) is 78.1 Å². The summed E-state index contributed by atoms with van der Waals surface area (Å²) in [4.78, 5) is 12.4. The predicted octanol–water partition coefficient (Wildman–Crippen LogP) is 6.64. The van der Waals surface area contributed by atoms with E-state index in [0.717, 1.165) is 12.8 Å². The SMILES string of the molecule is CCCCCCCCCCCCO[C@@H]1[C@H]2OC(C)(C)O[C@H]2O[C@H]1CNC(=O)Nc1ccc(Cl)cc1. The van der Waals surface area contributed by atoms with Crippen LogP contribution in [0.5, 0.6) is 0 Å². The van der Waals surface area contributed by atoms with Gasteiger partial charge in [0.15, 0.2) is 12.1 Å². The summed E-state index contributed by atoms with van der Waals surface area (Å²) in [6.07, 6.45) is 11.3. The minimum Gasteiger partial charge on any atom is -0.373 e. The third-order valence-electron chi connectivity index (χ3n) is 6.46. The van der Waals surface area contributed by atoms with Crippen LogP contribution in [0.25, 0.3) is 0 Å². The zero-order chi connectivity index (χ0) is 25.1. The second-order valence-corrected chi connectivity index (χ2v) is 10.4. The van der Waals surface area contributed by atoms with E-state index in [2.05, 4.69) is 17.6 Å². The molecule has 0 spiro atoms.